The maximum atomic E-state index is 13.4. The van der Waals surface area contributed by atoms with Crippen LogP contribution in [-0.4, -0.2) is 44.3 Å². The van der Waals surface area contributed by atoms with Crippen LogP contribution in [0.15, 0.2) is 108 Å². The Morgan fingerprint density at radius 2 is 1.43 bits per heavy atom. The fourth-order valence-corrected chi connectivity index (χ4v) is 4.71. The van der Waals surface area contributed by atoms with Crippen LogP contribution in [-0.2, 0) is 9.59 Å². The Hall–Kier alpha value is -5.22. The fourth-order valence-electron chi connectivity index (χ4n) is 4.02. The zero-order valence-corrected chi connectivity index (χ0v) is 25.4. The summed E-state index contributed by atoms with van der Waals surface area (Å²) in [6.45, 7) is 2.49. The van der Waals surface area contributed by atoms with Crippen molar-refractivity contribution >= 4 is 46.9 Å². The topological polar surface area (TPSA) is 115 Å². The van der Waals surface area contributed by atoms with Gasteiger partial charge in [0.1, 0.15) is 22.9 Å². The first-order chi connectivity index (χ1) is 21.4. The summed E-state index contributed by atoms with van der Waals surface area (Å²) in [6, 6.07) is 28.0. The van der Waals surface area contributed by atoms with E-state index in [-0.39, 0.29) is 17.4 Å². The Labute approximate surface area is 260 Å². The van der Waals surface area contributed by atoms with Gasteiger partial charge in [0.05, 0.1) is 26.6 Å². The average molecular weight is 612 g/mol. The highest BCUT2D eigenvalue weighted by atomic mass is 32.2. The number of carbonyl (C=O) groups excluding carboxylic acids is 3. The second-order valence-corrected chi connectivity index (χ2v) is 10.3. The molecule has 4 aromatic rings. The number of hydrogen-bond acceptors (Lipinski definition) is 7. The molecule has 9 nitrogen and oxygen atoms in total. The predicted octanol–water partition coefficient (Wildman–Crippen LogP) is 6.24. The highest BCUT2D eigenvalue weighted by molar-refractivity contribution is 8.00. The van der Waals surface area contributed by atoms with Gasteiger partial charge in [-0.1, -0.05) is 18.2 Å². The van der Waals surface area contributed by atoms with Crippen molar-refractivity contribution in [2.24, 2.45) is 0 Å². The Morgan fingerprint density at radius 3 is 2.09 bits per heavy atom. The Morgan fingerprint density at radius 1 is 0.773 bits per heavy atom. The summed E-state index contributed by atoms with van der Waals surface area (Å²) in [5.74, 6) is 0.905. The Bertz CT molecular complexity index is 1610. The minimum Gasteiger partial charge on any atom is -0.497 e. The first-order valence-corrected chi connectivity index (χ1v) is 14.7. The van der Waals surface area contributed by atoms with Crippen LogP contribution < -0.4 is 30.2 Å². The molecule has 0 heterocycles. The molecule has 0 bridgehead atoms. The maximum absolute atomic E-state index is 13.4. The molecule has 0 saturated carbocycles. The number of carbonyl (C=O) groups is 3. The molecule has 0 aliphatic carbocycles. The molecule has 3 amide bonds. The molecular weight excluding hydrogens is 578 g/mol. The van der Waals surface area contributed by atoms with Crippen molar-refractivity contribution in [3.63, 3.8) is 0 Å². The van der Waals surface area contributed by atoms with E-state index in [9.17, 15) is 14.4 Å². The Balaban J connectivity index is 1.42. The average Bonchev–Trinajstić information content (AvgIpc) is 3.05. The van der Waals surface area contributed by atoms with E-state index < -0.39 is 11.8 Å². The normalized spacial score (nSPS) is 10.8. The van der Waals surface area contributed by atoms with E-state index in [1.54, 1.807) is 98.1 Å². The summed E-state index contributed by atoms with van der Waals surface area (Å²) in [7, 11) is 3.06. The molecule has 0 aliphatic rings. The van der Waals surface area contributed by atoms with E-state index in [1.807, 2.05) is 19.1 Å². The number of hydrogen-bond donors (Lipinski definition) is 3. The SMILES string of the molecule is CCOc1ccc(NC(=O)CSc2ccc(NC(=O)/C(=C/c3ccc(OC)cc3OC)NC(=O)c3ccccc3)cc2)cc1. The lowest BCUT2D eigenvalue weighted by atomic mass is 10.1. The maximum Gasteiger partial charge on any atom is 0.272 e. The lowest BCUT2D eigenvalue weighted by molar-refractivity contribution is -0.114. The van der Waals surface area contributed by atoms with Gasteiger partial charge < -0.3 is 30.2 Å². The molecule has 3 N–H and O–H groups in total. The van der Waals surface area contributed by atoms with Gasteiger partial charge in [-0.25, -0.2) is 0 Å². The molecule has 4 rings (SSSR count). The van der Waals surface area contributed by atoms with Crippen LogP contribution in [0.4, 0.5) is 11.4 Å². The minimum atomic E-state index is -0.526. The van der Waals surface area contributed by atoms with Gasteiger partial charge in [0.15, 0.2) is 0 Å². The third-order valence-electron chi connectivity index (χ3n) is 6.20. The number of benzene rings is 4. The smallest absolute Gasteiger partial charge is 0.272 e. The first-order valence-electron chi connectivity index (χ1n) is 13.8. The number of amides is 3. The molecule has 226 valence electrons. The van der Waals surface area contributed by atoms with Crippen molar-refractivity contribution in [1.82, 2.24) is 5.32 Å². The molecule has 0 radical (unpaired) electrons. The molecule has 0 atom stereocenters. The van der Waals surface area contributed by atoms with Crippen molar-refractivity contribution < 1.29 is 28.6 Å². The molecule has 0 aromatic heterocycles. The summed E-state index contributed by atoms with van der Waals surface area (Å²) < 4.78 is 16.2. The van der Waals surface area contributed by atoms with E-state index in [2.05, 4.69) is 16.0 Å². The van der Waals surface area contributed by atoms with Crippen LogP contribution in [0, 0.1) is 0 Å². The van der Waals surface area contributed by atoms with Gasteiger partial charge >= 0.3 is 0 Å². The van der Waals surface area contributed by atoms with Gasteiger partial charge in [-0.05, 0) is 85.8 Å². The lowest BCUT2D eigenvalue weighted by Crippen LogP contribution is -2.30. The van der Waals surface area contributed by atoms with Gasteiger partial charge in [-0.2, -0.15) is 0 Å². The number of ether oxygens (including phenoxy) is 3. The molecule has 0 saturated heterocycles. The molecule has 0 fully saturated rings. The van der Waals surface area contributed by atoms with E-state index in [4.69, 9.17) is 14.2 Å². The van der Waals surface area contributed by atoms with Crippen LogP contribution in [0.3, 0.4) is 0 Å². The van der Waals surface area contributed by atoms with Crippen LogP contribution in [0.5, 0.6) is 17.2 Å². The molecule has 44 heavy (non-hydrogen) atoms. The molecule has 4 aromatic carbocycles. The number of methoxy groups -OCH3 is 2. The van der Waals surface area contributed by atoms with Crippen molar-refractivity contribution in [1.29, 1.82) is 0 Å². The zero-order chi connectivity index (χ0) is 31.3. The van der Waals surface area contributed by atoms with E-state index in [0.717, 1.165) is 10.6 Å². The lowest BCUT2D eigenvalue weighted by Gasteiger charge is -2.13. The second-order valence-electron chi connectivity index (χ2n) is 9.26. The van der Waals surface area contributed by atoms with Crippen molar-refractivity contribution in [3.8, 4) is 17.2 Å². The molecule has 0 spiro atoms. The summed E-state index contributed by atoms with van der Waals surface area (Å²) in [5, 5.41) is 8.42. The minimum absolute atomic E-state index is 0.0201. The van der Waals surface area contributed by atoms with E-state index >= 15 is 0 Å². The molecule has 0 aliphatic heterocycles. The molecular formula is C34H33N3O6S. The zero-order valence-electron chi connectivity index (χ0n) is 24.6. The largest absolute Gasteiger partial charge is 0.497 e. The molecule has 0 unspecified atom stereocenters. The van der Waals surface area contributed by atoms with Gasteiger partial charge in [0.2, 0.25) is 5.91 Å². The van der Waals surface area contributed by atoms with Crippen molar-refractivity contribution in [2.45, 2.75) is 11.8 Å². The van der Waals surface area contributed by atoms with Crippen LogP contribution >= 0.6 is 11.8 Å². The first kappa shape index (κ1) is 31.7. The Kier molecular flexibility index (Phi) is 11.4. The van der Waals surface area contributed by atoms with Crippen LogP contribution in [0.1, 0.15) is 22.8 Å². The number of rotatable bonds is 13. The van der Waals surface area contributed by atoms with Gasteiger partial charge in [0.25, 0.3) is 11.8 Å². The standard InChI is InChI=1S/C34H33N3O6S/c1-4-43-27-16-11-25(12-17-27)35-32(38)22-44-29-18-13-26(14-19-29)36-34(40)30(37-33(39)23-8-6-5-7-9-23)20-24-10-15-28(41-2)21-31(24)42-3/h5-21H,4,22H2,1-3H3,(H,35,38)(H,36,40)(H,37,39)/b30-20-. The monoisotopic (exact) mass is 611 g/mol. The fraction of sp³-hybridized carbons (Fsp3) is 0.147. The summed E-state index contributed by atoms with van der Waals surface area (Å²) in [4.78, 5) is 39.7. The third-order valence-corrected chi connectivity index (χ3v) is 7.21. The quantitative estimate of drug-likeness (QED) is 0.121. The summed E-state index contributed by atoms with van der Waals surface area (Å²) >= 11 is 1.37. The number of anilines is 2. The van der Waals surface area contributed by atoms with Crippen LogP contribution in [0.25, 0.3) is 6.08 Å². The van der Waals surface area contributed by atoms with E-state index in [1.165, 1.54) is 18.9 Å². The summed E-state index contributed by atoms with van der Waals surface area (Å²) in [6.07, 6.45) is 1.54. The van der Waals surface area contributed by atoms with Crippen LogP contribution in [0.2, 0.25) is 0 Å². The van der Waals surface area contributed by atoms with Crippen molar-refractivity contribution in [2.75, 3.05) is 37.2 Å². The summed E-state index contributed by atoms with van der Waals surface area (Å²) in [5.41, 5.74) is 2.20. The third kappa shape index (κ3) is 9.14. The van der Waals surface area contributed by atoms with Crippen molar-refractivity contribution in [3.05, 3.63) is 114 Å². The van der Waals surface area contributed by atoms with Gasteiger partial charge in [-0.3, -0.25) is 14.4 Å². The molecule has 10 heteroatoms. The van der Waals surface area contributed by atoms with Gasteiger partial charge in [-0.15, -0.1) is 11.8 Å². The highest BCUT2D eigenvalue weighted by Gasteiger charge is 2.17. The van der Waals surface area contributed by atoms with E-state index in [0.29, 0.717) is 40.6 Å². The highest BCUT2D eigenvalue weighted by Crippen LogP contribution is 2.27. The number of thioether (sulfide) groups is 1. The second kappa shape index (κ2) is 15.9. The van der Waals surface area contributed by atoms with Gasteiger partial charge in [0, 0.05) is 33.5 Å². The number of nitrogens with one attached hydrogen (secondary N) is 3. The predicted molar refractivity (Wildman–Crippen MR) is 173 cm³/mol.